The zero-order valence-corrected chi connectivity index (χ0v) is 23.8. The number of hydrogen-bond acceptors (Lipinski definition) is 1. The molecule has 0 amide bonds. The summed E-state index contributed by atoms with van der Waals surface area (Å²) in [5, 5.41) is 0. The number of fused-ring (bicyclic) bond motifs is 5. The van der Waals surface area contributed by atoms with E-state index in [4.69, 9.17) is 0 Å². The third-order valence-electron chi connectivity index (χ3n) is 11.0. The molecule has 4 aliphatic carbocycles. The molecular weight excluding hydrogens is 512 g/mol. The van der Waals surface area contributed by atoms with Crippen molar-refractivity contribution in [1.82, 2.24) is 0 Å². The summed E-state index contributed by atoms with van der Waals surface area (Å²) in [6.07, 6.45) is 12.0. The van der Waals surface area contributed by atoms with Gasteiger partial charge in [0.15, 0.2) is 5.78 Å². The predicted octanol–water partition coefficient (Wildman–Crippen LogP) is 8.59. The van der Waals surface area contributed by atoms with Gasteiger partial charge in [-0.1, -0.05) is 79.0 Å². The van der Waals surface area contributed by atoms with Crippen LogP contribution >= 0.6 is 31.9 Å². The van der Waals surface area contributed by atoms with Crippen molar-refractivity contribution in [3.63, 3.8) is 0 Å². The van der Waals surface area contributed by atoms with Gasteiger partial charge >= 0.3 is 0 Å². The molecule has 0 aromatic carbocycles. The van der Waals surface area contributed by atoms with Gasteiger partial charge in [-0.05, 0) is 103 Å². The van der Waals surface area contributed by atoms with Gasteiger partial charge < -0.3 is 0 Å². The molecule has 0 bridgehead atoms. The Hall–Kier alpha value is 0.370. The molecule has 0 aromatic heterocycles. The van der Waals surface area contributed by atoms with Gasteiger partial charge in [0.05, 0.1) is 0 Å². The summed E-state index contributed by atoms with van der Waals surface area (Å²) in [5.74, 6) is 5.82. The van der Waals surface area contributed by atoms with Crippen molar-refractivity contribution < 1.29 is 4.79 Å². The molecule has 0 aromatic rings. The molecule has 0 saturated heterocycles. The lowest BCUT2D eigenvalue weighted by Crippen LogP contribution is -2.51. The minimum atomic E-state index is 0.299. The maximum atomic E-state index is 12.1. The number of carbonyl (C=O) groups is 1. The lowest BCUT2D eigenvalue weighted by molar-refractivity contribution is -0.117. The van der Waals surface area contributed by atoms with Crippen LogP contribution in [0.1, 0.15) is 92.9 Å². The number of ketones is 1. The second-order valence-electron chi connectivity index (χ2n) is 12.5. The number of halogens is 2. The van der Waals surface area contributed by atoms with Gasteiger partial charge in [-0.25, -0.2) is 0 Å². The molecule has 1 nitrogen and oxygen atoms in total. The van der Waals surface area contributed by atoms with Crippen LogP contribution in [0.25, 0.3) is 0 Å². The molecule has 10 atom stereocenters. The van der Waals surface area contributed by atoms with Crippen molar-refractivity contribution in [1.29, 1.82) is 0 Å². The zero-order chi connectivity index (χ0) is 22.7. The quantitative estimate of drug-likeness (QED) is 0.310. The van der Waals surface area contributed by atoms with E-state index in [9.17, 15) is 4.79 Å². The second-order valence-corrected chi connectivity index (χ2v) is 14.7. The average molecular weight is 556 g/mol. The molecule has 0 N–H and O–H groups in total. The number of hydrogen-bond donors (Lipinski definition) is 0. The highest BCUT2D eigenvalue weighted by Gasteiger charge is 2.60. The summed E-state index contributed by atoms with van der Waals surface area (Å²) in [7, 11) is 0. The normalized spacial score (nSPS) is 44.0. The summed E-state index contributed by atoms with van der Waals surface area (Å²) in [6, 6.07) is 0. The number of alkyl halides is 2. The molecule has 3 heteroatoms. The molecule has 0 heterocycles. The van der Waals surface area contributed by atoms with E-state index in [0.717, 1.165) is 36.5 Å². The summed E-state index contributed by atoms with van der Waals surface area (Å²) in [6.45, 7) is 14.8. The summed E-state index contributed by atoms with van der Waals surface area (Å²) in [5.41, 5.74) is 2.29. The van der Waals surface area contributed by atoms with Crippen molar-refractivity contribution >= 4 is 37.6 Å². The Morgan fingerprint density at radius 1 is 0.903 bits per heavy atom. The zero-order valence-electron chi connectivity index (χ0n) is 20.6. The van der Waals surface area contributed by atoms with Crippen LogP contribution < -0.4 is 0 Å². The summed E-state index contributed by atoms with van der Waals surface area (Å²) in [4.78, 5) is 13.2. The molecule has 0 radical (unpaired) electrons. The first-order valence-electron chi connectivity index (χ1n) is 13.0. The summed E-state index contributed by atoms with van der Waals surface area (Å²) < 4.78 is 0. The third-order valence-corrected chi connectivity index (χ3v) is 14.5. The highest BCUT2D eigenvalue weighted by Crippen LogP contribution is 2.68. The maximum Gasteiger partial charge on any atom is 0.155 e. The van der Waals surface area contributed by atoms with Crippen molar-refractivity contribution in [2.45, 2.75) is 103 Å². The van der Waals surface area contributed by atoms with Crippen LogP contribution in [-0.4, -0.2) is 15.4 Å². The number of carbonyl (C=O) groups excluding carboxylic acids is 1. The average Bonchev–Trinajstić information content (AvgIpc) is 3.09. The largest absolute Gasteiger partial charge is 0.295 e. The van der Waals surface area contributed by atoms with E-state index in [0.29, 0.717) is 44.0 Å². The standard InChI is InChI=1S/C28H44Br2O/c1-16(2)17(3)25(29)26(30)18(4)22-9-10-23-21-8-7-19-15-20(31)11-13-27(19,5)24(21)12-14-28(22,23)6/h15-18,21-26H,7-14H2,1-6H3/t17-,18+,21+,22-,23+,24-,25?,26?,27+,28-/m1/s1. The highest BCUT2D eigenvalue weighted by atomic mass is 79.9. The van der Waals surface area contributed by atoms with E-state index in [-0.39, 0.29) is 0 Å². The second kappa shape index (κ2) is 8.86. The van der Waals surface area contributed by atoms with Crippen LogP contribution in [0.4, 0.5) is 0 Å². The Kier molecular flexibility index (Phi) is 7.00. The Labute approximate surface area is 208 Å². The fourth-order valence-electron chi connectivity index (χ4n) is 8.63. The molecule has 31 heavy (non-hydrogen) atoms. The van der Waals surface area contributed by atoms with Gasteiger partial charge in [0.1, 0.15) is 0 Å². The van der Waals surface area contributed by atoms with Crippen LogP contribution in [0.3, 0.4) is 0 Å². The van der Waals surface area contributed by atoms with Crippen molar-refractivity contribution in [3.8, 4) is 0 Å². The third kappa shape index (κ3) is 3.98. The van der Waals surface area contributed by atoms with Gasteiger partial charge in [0, 0.05) is 16.1 Å². The molecule has 2 unspecified atom stereocenters. The first-order chi connectivity index (χ1) is 14.5. The fourth-order valence-corrected chi connectivity index (χ4v) is 10.6. The molecule has 3 fully saturated rings. The van der Waals surface area contributed by atoms with E-state index in [2.05, 4.69) is 79.5 Å². The molecule has 0 aliphatic heterocycles. The van der Waals surface area contributed by atoms with Crippen molar-refractivity contribution in [3.05, 3.63) is 11.6 Å². The Balaban J connectivity index is 1.53. The van der Waals surface area contributed by atoms with Gasteiger partial charge in [0.25, 0.3) is 0 Å². The van der Waals surface area contributed by atoms with Gasteiger partial charge in [-0.3, -0.25) is 4.79 Å². The molecular formula is C28H44Br2O. The van der Waals surface area contributed by atoms with Crippen LogP contribution in [-0.2, 0) is 4.79 Å². The monoisotopic (exact) mass is 554 g/mol. The first kappa shape index (κ1) is 24.5. The smallest absolute Gasteiger partial charge is 0.155 e. The lowest BCUT2D eigenvalue weighted by atomic mass is 9.46. The first-order valence-corrected chi connectivity index (χ1v) is 14.9. The SMILES string of the molecule is CC(C)[C@@H](C)C(Br)C(Br)[C@@H](C)[C@H]1CC[C@H]2[C@@H]3CCC4=CC(=O)CC[C@]4(C)[C@@H]3CC[C@]12C. The van der Waals surface area contributed by atoms with E-state index in [1.807, 2.05) is 0 Å². The highest BCUT2D eigenvalue weighted by molar-refractivity contribution is 9.12. The Bertz CT molecular complexity index is 729. The molecule has 176 valence electrons. The van der Waals surface area contributed by atoms with E-state index >= 15 is 0 Å². The minimum Gasteiger partial charge on any atom is -0.295 e. The number of allylic oxidation sites excluding steroid dienone is 1. The summed E-state index contributed by atoms with van der Waals surface area (Å²) >= 11 is 8.26. The molecule has 0 spiro atoms. The Morgan fingerprint density at radius 3 is 2.29 bits per heavy atom. The van der Waals surface area contributed by atoms with Crippen LogP contribution in [0, 0.1) is 52.3 Å². The number of rotatable bonds is 5. The van der Waals surface area contributed by atoms with E-state index < -0.39 is 0 Å². The molecule has 4 aliphatic rings. The van der Waals surface area contributed by atoms with Crippen molar-refractivity contribution in [2.24, 2.45) is 52.3 Å². The van der Waals surface area contributed by atoms with Gasteiger partial charge in [-0.15, -0.1) is 0 Å². The van der Waals surface area contributed by atoms with E-state index in [1.54, 1.807) is 0 Å². The topological polar surface area (TPSA) is 17.1 Å². The predicted molar refractivity (Wildman–Crippen MR) is 139 cm³/mol. The van der Waals surface area contributed by atoms with E-state index in [1.165, 1.54) is 44.1 Å². The lowest BCUT2D eigenvalue weighted by Gasteiger charge is -2.58. The van der Waals surface area contributed by atoms with Crippen molar-refractivity contribution in [2.75, 3.05) is 0 Å². The minimum absolute atomic E-state index is 0.299. The molecule has 4 rings (SSSR count). The van der Waals surface area contributed by atoms with Crippen LogP contribution in [0.15, 0.2) is 11.6 Å². The Morgan fingerprint density at radius 2 is 1.61 bits per heavy atom. The molecule has 3 saturated carbocycles. The maximum absolute atomic E-state index is 12.1. The van der Waals surface area contributed by atoms with Gasteiger partial charge in [0.2, 0.25) is 0 Å². The van der Waals surface area contributed by atoms with Gasteiger partial charge in [-0.2, -0.15) is 0 Å². The van der Waals surface area contributed by atoms with Crippen LogP contribution in [0.2, 0.25) is 0 Å². The fraction of sp³-hybridized carbons (Fsp3) is 0.893. The van der Waals surface area contributed by atoms with Crippen LogP contribution in [0.5, 0.6) is 0 Å².